The topological polar surface area (TPSA) is 38.3 Å². The van der Waals surface area contributed by atoms with Crippen molar-refractivity contribution in [2.45, 2.75) is 19.9 Å². The highest BCUT2D eigenvalue weighted by Crippen LogP contribution is 2.09. The third kappa shape index (κ3) is 3.98. The summed E-state index contributed by atoms with van der Waals surface area (Å²) in [5.74, 6) is -0.459. The molecule has 16 heavy (non-hydrogen) atoms. The molecular formula is C12H16FNO2. The minimum absolute atomic E-state index is 0.226. The summed E-state index contributed by atoms with van der Waals surface area (Å²) in [4.78, 5) is 10.8. The third-order valence-corrected chi connectivity index (χ3v) is 2.35. The summed E-state index contributed by atoms with van der Waals surface area (Å²) in [6.07, 6.45) is 0.344. The molecule has 0 heterocycles. The monoisotopic (exact) mass is 225 g/mol. The SMILES string of the molecule is COC(=O)CCNCc1ccc(F)cc1C. The van der Waals surface area contributed by atoms with Crippen molar-refractivity contribution in [3.63, 3.8) is 0 Å². The molecule has 0 spiro atoms. The van der Waals surface area contributed by atoms with Gasteiger partial charge in [0, 0.05) is 13.1 Å². The zero-order valence-corrected chi connectivity index (χ0v) is 9.55. The second-order valence-electron chi connectivity index (χ2n) is 3.57. The molecular weight excluding hydrogens is 209 g/mol. The first-order chi connectivity index (χ1) is 7.63. The first kappa shape index (κ1) is 12.6. The number of ether oxygens (including phenoxy) is 1. The Labute approximate surface area is 94.6 Å². The molecule has 0 fully saturated rings. The van der Waals surface area contributed by atoms with Gasteiger partial charge in [-0.15, -0.1) is 0 Å². The summed E-state index contributed by atoms with van der Waals surface area (Å²) in [6, 6.07) is 4.68. The fraction of sp³-hybridized carbons (Fsp3) is 0.417. The molecule has 0 saturated carbocycles. The van der Waals surface area contributed by atoms with Crippen molar-refractivity contribution in [3.05, 3.63) is 35.1 Å². The van der Waals surface area contributed by atoms with Gasteiger partial charge in [0.15, 0.2) is 0 Å². The molecule has 0 atom stereocenters. The molecule has 1 aromatic rings. The van der Waals surface area contributed by atoms with E-state index in [-0.39, 0.29) is 11.8 Å². The van der Waals surface area contributed by atoms with Crippen molar-refractivity contribution in [2.24, 2.45) is 0 Å². The van der Waals surface area contributed by atoms with Crippen molar-refractivity contribution >= 4 is 5.97 Å². The Bertz CT molecular complexity index is 366. The highest BCUT2D eigenvalue weighted by atomic mass is 19.1. The molecule has 0 saturated heterocycles. The maximum atomic E-state index is 12.8. The predicted octanol–water partition coefficient (Wildman–Crippen LogP) is 1.79. The molecule has 0 aliphatic rings. The molecule has 1 rings (SSSR count). The van der Waals surface area contributed by atoms with Gasteiger partial charge in [0.2, 0.25) is 0 Å². The van der Waals surface area contributed by atoms with Crippen LogP contribution in [0, 0.1) is 12.7 Å². The van der Waals surface area contributed by atoms with E-state index >= 15 is 0 Å². The molecule has 0 unspecified atom stereocenters. The normalized spacial score (nSPS) is 10.2. The molecule has 0 radical (unpaired) electrons. The standard InChI is InChI=1S/C12H16FNO2/c1-9-7-11(13)4-3-10(9)8-14-6-5-12(15)16-2/h3-4,7,14H,5-6,8H2,1-2H3. The van der Waals surface area contributed by atoms with E-state index in [4.69, 9.17) is 0 Å². The maximum Gasteiger partial charge on any atom is 0.306 e. The lowest BCUT2D eigenvalue weighted by Gasteiger charge is -2.07. The first-order valence-corrected chi connectivity index (χ1v) is 5.16. The van der Waals surface area contributed by atoms with Crippen LogP contribution in [-0.2, 0) is 16.1 Å². The van der Waals surface area contributed by atoms with Crippen LogP contribution < -0.4 is 5.32 Å². The number of aryl methyl sites for hydroxylation is 1. The van der Waals surface area contributed by atoms with Crippen molar-refractivity contribution in [1.29, 1.82) is 0 Å². The quantitative estimate of drug-likeness (QED) is 0.613. The van der Waals surface area contributed by atoms with Crippen molar-refractivity contribution in [1.82, 2.24) is 5.32 Å². The Balaban J connectivity index is 2.35. The highest BCUT2D eigenvalue weighted by molar-refractivity contribution is 5.69. The van der Waals surface area contributed by atoms with Gasteiger partial charge in [-0.25, -0.2) is 4.39 Å². The van der Waals surface area contributed by atoms with E-state index in [0.29, 0.717) is 19.5 Å². The van der Waals surface area contributed by atoms with Crippen LogP contribution >= 0.6 is 0 Å². The summed E-state index contributed by atoms with van der Waals surface area (Å²) < 4.78 is 17.3. The Morgan fingerprint density at radius 2 is 2.25 bits per heavy atom. The number of carbonyl (C=O) groups excluding carboxylic acids is 1. The average molecular weight is 225 g/mol. The van der Waals surface area contributed by atoms with Gasteiger partial charge in [0.1, 0.15) is 5.82 Å². The van der Waals surface area contributed by atoms with Gasteiger partial charge in [-0.1, -0.05) is 6.07 Å². The lowest BCUT2D eigenvalue weighted by atomic mass is 10.1. The summed E-state index contributed by atoms with van der Waals surface area (Å²) in [6.45, 7) is 3.05. The molecule has 88 valence electrons. The molecule has 0 amide bonds. The summed E-state index contributed by atoms with van der Waals surface area (Å²) in [5.41, 5.74) is 1.94. The van der Waals surface area contributed by atoms with Crippen molar-refractivity contribution in [2.75, 3.05) is 13.7 Å². The number of esters is 1. The summed E-state index contributed by atoms with van der Waals surface area (Å²) in [7, 11) is 1.37. The Kier molecular flexibility index (Phi) is 4.92. The highest BCUT2D eigenvalue weighted by Gasteiger charge is 2.01. The molecule has 0 bridgehead atoms. The number of hydrogen-bond acceptors (Lipinski definition) is 3. The molecule has 0 aliphatic heterocycles. The number of carbonyl (C=O) groups is 1. The zero-order valence-electron chi connectivity index (χ0n) is 9.55. The molecule has 4 heteroatoms. The number of halogens is 1. The van der Waals surface area contributed by atoms with E-state index in [1.54, 1.807) is 6.07 Å². The van der Waals surface area contributed by atoms with E-state index in [0.717, 1.165) is 11.1 Å². The van der Waals surface area contributed by atoms with Crippen LogP contribution in [0.2, 0.25) is 0 Å². The van der Waals surface area contributed by atoms with Gasteiger partial charge >= 0.3 is 5.97 Å². The Morgan fingerprint density at radius 3 is 2.88 bits per heavy atom. The largest absolute Gasteiger partial charge is 0.469 e. The zero-order chi connectivity index (χ0) is 12.0. The number of nitrogens with one attached hydrogen (secondary N) is 1. The lowest BCUT2D eigenvalue weighted by molar-refractivity contribution is -0.140. The fourth-order valence-electron chi connectivity index (χ4n) is 1.37. The minimum atomic E-state index is -0.233. The predicted molar refractivity (Wildman–Crippen MR) is 59.5 cm³/mol. The van der Waals surface area contributed by atoms with E-state index < -0.39 is 0 Å². The first-order valence-electron chi connectivity index (χ1n) is 5.16. The summed E-state index contributed by atoms with van der Waals surface area (Å²) in [5, 5.41) is 3.10. The molecule has 1 aromatic carbocycles. The van der Waals surface area contributed by atoms with Crippen LogP contribution in [0.4, 0.5) is 4.39 Å². The van der Waals surface area contributed by atoms with Gasteiger partial charge in [-0.05, 0) is 30.2 Å². The summed E-state index contributed by atoms with van der Waals surface area (Å²) >= 11 is 0. The molecule has 0 aromatic heterocycles. The molecule has 3 nitrogen and oxygen atoms in total. The van der Waals surface area contributed by atoms with Crippen LogP contribution in [0.25, 0.3) is 0 Å². The number of methoxy groups -OCH3 is 1. The van der Waals surface area contributed by atoms with Crippen LogP contribution in [0.5, 0.6) is 0 Å². The second kappa shape index (κ2) is 6.23. The number of rotatable bonds is 5. The minimum Gasteiger partial charge on any atom is -0.469 e. The number of benzene rings is 1. The second-order valence-corrected chi connectivity index (χ2v) is 3.57. The maximum absolute atomic E-state index is 12.8. The average Bonchev–Trinajstić information content (AvgIpc) is 2.26. The molecule has 0 aliphatic carbocycles. The van der Waals surface area contributed by atoms with E-state index in [1.807, 2.05) is 6.92 Å². The van der Waals surface area contributed by atoms with Crippen LogP contribution in [0.3, 0.4) is 0 Å². The Hall–Kier alpha value is -1.42. The van der Waals surface area contributed by atoms with Crippen molar-refractivity contribution in [3.8, 4) is 0 Å². The van der Waals surface area contributed by atoms with Gasteiger partial charge in [-0.2, -0.15) is 0 Å². The molecule has 1 N–H and O–H groups in total. The van der Waals surface area contributed by atoms with Gasteiger partial charge in [0.05, 0.1) is 13.5 Å². The van der Waals surface area contributed by atoms with Crippen molar-refractivity contribution < 1.29 is 13.9 Å². The van der Waals surface area contributed by atoms with Gasteiger partial charge in [-0.3, -0.25) is 4.79 Å². The van der Waals surface area contributed by atoms with Crippen LogP contribution in [-0.4, -0.2) is 19.6 Å². The van der Waals surface area contributed by atoms with E-state index in [2.05, 4.69) is 10.1 Å². The fourth-order valence-corrected chi connectivity index (χ4v) is 1.37. The van der Waals surface area contributed by atoms with Crippen LogP contribution in [0.15, 0.2) is 18.2 Å². The van der Waals surface area contributed by atoms with Gasteiger partial charge < -0.3 is 10.1 Å². The van der Waals surface area contributed by atoms with Gasteiger partial charge in [0.25, 0.3) is 0 Å². The third-order valence-electron chi connectivity index (χ3n) is 2.35. The number of hydrogen-bond donors (Lipinski definition) is 1. The lowest BCUT2D eigenvalue weighted by Crippen LogP contribution is -2.18. The van der Waals surface area contributed by atoms with E-state index in [9.17, 15) is 9.18 Å². The van der Waals surface area contributed by atoms with Crippen LogP contribution in [0.1, 0.15) is 17.5 Å². The Morgan fingerprint density at radius 1 is 1.50 bits per heavy atom. The van der Waals surface area contributed by atoms with E-state index in [1.165, 1.54) is 19.2 Å². The smallest absolute Gasteiger partial charge is 0.306 e.